The first-order valence-electron chi connectivity index (χ1n) is 5.60. The molecule has 3 N–H and O–H groups in total. The summed E-state index contributed by atoms with van der Waals surface area (Å²) in [7, 11) is 1.32. The zero-order valence-corrected chi connectivity index (χ0v) is 11.1. The van der Waals surface area contributed by atoms with Gasteiger partial charge in [-0.25, -0.2) is 4.79 Å². The molecule has 0 saturated carbocycles. The Morgan fingerprint density at radius 3 is 2.42 bits per heavy atom. The van der Waals surface area contributed by atoms with Crippen LogP contribution in [0.1, 0.15) is 10.4 Å². The van der Waals surface area contributed by atoms with E-state index in [2.05, 4.69) is 10.1 Å². The maximum Gasteiger partial charge on any atom is 0.340 e. The number of esters is 1. The van der Waals surface area contributed by atoms with E-state index in [4.69, 9.17) is 17.3 Å². The van der Waals surface area contributed by atoms with Crippen LogP contribution in [0.3, 0.4) is 0 Å². The van der Waals surface area contributed by atoms with Gasteiger partial charge >= 0.3 is 5.97 Å². The molecular formula is C14H13ClN2O2. The first-order chi connectivity index (χ1) is 9.10. The second kappa shape index (κ2) is 5.63. The molecule has 0 aliphatic carbocycles. The average molecular weight is 277 g/mol. The van der Waals surface area contributed by atoms with Crippen molar-refractivity contribution in [2.75, 3.05) is 18.2 Å². The van der Waals surface area contributed by atoms with Crippen molar-refractivity contribution in [3.05, 3.63) is 53.1 Å². The zero-order chi connectivity index (χ0) is 13.8. The normalized spacial score (nSPS) is 10.0. The van der Waals surface area contributed by atoms with Gasteiger partial charge in [0.2, 0.25) is 0 Å². The smallest absolute Gasteiger partial charge is 0.340 e. The summed E-state index contributed by atoms with van der Waals surface area (Å²) in [5.41, 5.74) is 8.06. The van der Waals surface area contributed by atoms with Gasteiger partial charge in [0.05, 0.1) is 12.7 Å². The van der Waals surface area contributed by atoms with E-state index >= 15 is 0 Å². The SMILES string of the molecule is COC(=O)c1cc(Nc2ccc(Cl)cc2)ccc1N. The van der Waals surface area contributed by atoms with E-state index in [1.165, 1.54) is 7.11 Å². The van der Waals surface area contributed by atoms with Crippen LogP contribution < -0.4 is 11.1 Å². The summed E-state index contributed by atoms with van der Waals surface area (Å²) in [5, 5.41) is 3.82. The van der Waals surface area contributed by atoms with Crippen LogP contribution in [0.4, 0.5) is 17.1 Å². The predicted octanol–water partition coefficient (Wildman–Crippen LogP) is 3.45. The van der Waals surface area contributed by atoms with Gasteiger partial charge in [0, 0.05) is 22.1 Å². The molecule has 0 aromatic heterocycles. The molecule has 19 heavy (non-hydrogen) atoms. The van der Waals surface area contributed by atoms with Gasteiger partial charge in [0.1, 0.15) is 0 Å². The van der Waals surface area contributed by atoms with Crippen LogP contribution in [0.25, 0.3) is 0 Å². The Bertz CT molecular complexity index is 597. The molecular weight excluding hydrogens is 264 g/mol. The lowest BCUT2D eigenvalue weighted by Gasteiger charge is -2.09. The van der Waals surface area contributed by atoms with E-state index in [-0.39, 0.29) is 0 Å². The van der Waals surface area contributed by atoms with Gasteiger partial charge in [-0.1, -0.05) is 11.6 Å². The van der Waals surface area contributed by atoms with E-state index in [0.29, 0.717) is 16.3 Å². The number of carbonyl (C=O) groups excluding carboxylic acids is 1. The second-order valence-corrected chi connectivity index (χ2v) is 4.36. The molecule has 5 heteroatoms. The van der Waals surface area contributed by atoms with Crippen LogP contribution >= 0.6 is 11.6 Å². The molecule has 0 atom stereocenters. The van der Waals surface area contributed by atoms with Gasteiger partial charge in [-0.2, -0.15) is 0 Å². The minimum Gasteiger partial charge on any atom is -0.465 e. The van der Waals surface area contributed by atoms with Gasteiger partial charge in [-0.15, -0.1) is 0 Å². The molecule has 0 spiro atoms. The molecule has 2 aromatic rings. The third kappa shape index (κ3) is 3.17. The lowest BCUT2D eigenvalue weighted by Crippen LogP contribution is -2.06. The summed E-state index contributed by atoms with van der Waals surface area (Å²) in [4.78, 5) is 11.5. The predicted molar refractivity (Wildman–Crippen MR) is 76.9 cm³/mol. The Kier molecular flexibility index (Phi) is 3.92. The van der Waals surface area contributed by atoms with Gasteiger partial charge in [0.25, 0.3) is 0 Å². The van der Waals surface area contributed by atoms with Crippen LogP contribution in [0.2, 0.25) is 5.02 Å². The molecule has 0 aliphatic rings. The minimum absolute atomic E-state index is 0.335. The summed E-state index contributed by atoms with van der Waals surface area (Å²) in [6, 6.07) is 12.3. The largest absolute Gasteiger partial charge is 0.465 e. The van der Waals surface area contributed by atoms with Crippen molar-refractivity contribution in [1.29, 1.82) is 0 Å². The second-order valence-electron chi connectivity index (χ2n) is 3.93. The summed E-state index contributed by atoms with van der Waals surface area (Å²) in [6.07, 6.45) is 0. The van der Waals surface area contributed by atoms with E-state index in [1.807, 2.05) is 12.1 Å². The number of benzene rings is 2. The Morgan fingerprint density at radius 2 is 1.79 bits per heavy atom. The molecule has 2 aromatic carbocycles. The standard InChI is InChI=1S/C14H13ClN2O2/c1-19-14(18)12-8-11(6-7-13(12)16)17-10-4-2-9(15)3-5-10/h2-8,17H,16H2,1H3. The van der Waals surface area contributed by atoms with Crippen LogP contribution in [0, 0.1) is 0 Å². The van der Waals surface area contributed by atoms with E-state index in [1.54, 1.807) is 30.3 Å². The number of halogens is 1. The van der Waals surface area contributed by atoms with E-state index in [0.717, 1.165) is 11.4 Å². The molecule has 0 aliphatic heterocycles. The van der Waals surface area contributed by atoms with Crippen molar-refractivity contribution >= 4 is 34.6 Å². The fourth-order valence-corrected chi connectivity index (χ4v) is 1.75. The molecule has 0 fully saturated rings. The van der Waals surface area contributed by atoms with Crippen molar-refractivity contribution in [2.45, 2.75) is 0 Å². The Balaban J connectivity index is 2.26. The third-order valence-electron chi connectivity index (χ3n) is 2.59. The number of hydrogen-bond acceptors (Lipinski definition) is 4. The van der Waals surface area contributed by atoms with Crippen molar-refractivity contribution in [1.82, 2.24) is 0 Å². The highest BCUT2D eigenvalue weighted by molar-refractivity contribution is 6.30. The summed E-state index contributed by atoms with van der Waals surface area (Å²) in [6.45, 7) is 0. The monoisotopic (exact) mass is 276 g/mol. The Hall–Kier alpha value is -2.20. The highest BCUT2D eigenvalue weighted by atomic mass is 35.5. The molecule has 0 heterocycles. The van der Waals surface area contributed by atoms with Crippen molar-refractivity contribution < 1.29 is 9.53 Å². The third-order valence-corrected chi connectivity index (χ3v) is 2.84. The zero-order valence-electron chi connectivity index (χ0n) is 10.3. The average Bonchev–Trinajstić information content (AvgIpc) is 2.42. The number of ether oxygens (including phenoxy) is 1. The fraction of sp³-hybridized carbons (Fsp3) is 0.0714. The fourth-order valence-electron chi connectivity index (χ4n) is 1.62. The molecule has 0 unspecified atom stereocenters. The lowest BCUT2D eigenvalue weighted by atomic mass is 10.1. The molecule has 0 amide bonds. The molecule has 0 saturated heterocycles. The molecule has 0 bridgehead atoms. The summed E-state index contributed by atoms with van der Waals surface area (Å²) in [5.74, 6) is -0.461. The van der Waals surface area contributed by atoms with Crippen molar-refractivity contribution in [3.63, 3.8) is 0 Å². The van der Waals surface area contributed by atoms with Gasteiger partial charge in [-0.05, 0) is 42.5 Å². The van der Waals surface area contributed by atoms with Crippen molar-refractivity contribution in [3.8, 4) is 0 Å². The van der Waals surface area contributed by atoms with Crippen molar-refractivity contribution in [2.24, 2.45) is 0 Å². The first-order valence-corrected chi connectivity index (χ1v) is 5.98. The quantitative estimate of drug-likeness (QED) is 0.666. The van der Waals surface area contributed by atoms with Crippen LogP contribution in [-0.2, 0) is 4.74 Å². The van der Waals surface area contributed by atoms with Crippen LogP contribution in [0.5, 0.6) is 0 Å². The number of hydrogen-bond donors (Lipinski definition) is 2. The number of anilines is 3. The molecule has 0 radical (unpaired) electrons. The summed E-state index contributed by atoms with van der Waals surface area (Å²) >= 11 is 5.82. The topological polar surface area (TPSA) is 64.3 Å². The highest BCUT2D eigenvalue weighted by Crippen LogP contribution is 2.23. The number of nitrogen functional groups attached to an aromatic ring is 1. The maximum atomic E-state index is 11.5. The van der Waals surface area contributed by atoms with E-state index in [9.17, 15) is 4.79 Å². The van der Waals surface area contributed by atoms with Gasteiger partial charge < -0.3 is 15.8 Å². The van der Waals surface area contributed by atoms with E-state index < -0.39 is 5.97 Å². The Morgan fingerprint density at radius 1 is 1.16 bits per heavy atom. The number of nitrogens with one attached hydrogen (secondary N) is 1. The molecule has 4 nitrogen and oxygen atoms in total. The number of carbonyl (C=O) groups is 1. The van der Waals surface area contributed by atoms with Gasteiger partial charge in [-0.3, -0.25) is 0 Å². The lowest BCUT2D eigenvalue weighted by molar-refractivity contribution is 0.0602. The minimum atomic E-state index is -0.461. The van der Waals surface area contributed by atoms with Gasteiger partial charge in [0.15, 0.2) is 0 Å². The highest BCUT2D eigenvalue weighted by Gasteiger charge is 2.10. The molecule has 98 valence electrons. The van der Waals surface area contributed by atoms with Crippen LogP contribution in [0.15, 0.2) is 42.5 Å². The number of nitrogens with two attached hydrogens (primary N) is 1. The Labute approximate surface area is 116 Å². The summed E-state index contributed by atoms with van der Waals surface area (Å²) < 4.78 is 4.67. The molecule has 2 rings (SSSR count). The van der Waals surface area contributed by atoms with Crippen LogP contribution in [-0.4, -0.2) is 13.1 Å². The number of rotatable bonds is 3. The maximum absolute atomic E-state index is 11.5. The first kappa shape index (κ1) is 13.2. The number of methoxy groups -OCH3 is 1.